The molecule has 47 heavy (non-hydrogen) atoms. The molecule has 8 N–H and O–H groups in total. The Morgan fingerprint density at radius 1 is 0.553 bits per heavy atom. The van der Waals surface area contributed by atoms with Crippen LogP contribution in [0.4, 0.5) is 0 Å². The van der Waals surface area contributed by atoms with Crippen molar-refractivity contribution in [3.05, 3.63) is 35.4 Å². The van der Waals surface area contributed by atoms with Crippen LogP contribution >= 0.6 is 0 Å². The molecular formula is C31H44O16. The number of methoxy groups -OCH3 is 4. The number of rotatable bonds is 14. The average molecular weight is 673 g/mol. The number of hydrogen-bond acceptors (Lipinski definition) is 16. The van der Waals surface area contributed by atoms with Gasteiger partial charge in [-0.1, -0.05) is 6.07 Å². The zero-order chi connectivity index (χ0) is 34.4. The highest BCUT2D eigenvalue weighted by Crippen LogP contribution is 2.48. The fraction of sp³-hybridized carbons (Fsp3) is 0.613. The second-order valence-electron chi connectivity index (χ2n) is 11.1. The molecule has 2 fully saturated rings. The number of hydrogen-bond donors (Lipinski definition) is 8. The van der Waals surface area contributed by atoms with Gasteiger partial charge in [0.1, 0.15) is 48.8 Å². The lowest BCUT2D eigenvalue weighted by Crippen LogP contribution is -2.60. The summed E-state index contributed by atoms with van der Waals surface area (Å²) < 4.78 is 44.8. The Kier molecular flexibility index (Phi) is 12.7. The molecule has 2 heterocycles. The second-order valence-corrected chi connectivity index (χ2v) is 11.1. The van der Waals surface area contributed by atoms with Gasteiger partial charge in [-0.3, -0.25) is 0 Å². The third kappa shape index (κ3) is 7.78. The predicted molar refractivity (Wildman–Crippen MR) is 160 cm³/mol. The van der Waals surface area contributed by atoms with Crippen molar-refractivity contribution in [2.45, 2.75) is 80.7 Å². The van der Waals surface area contributed by atoms with Crippen molar-refractivity contribution in [3.63, 3.8) is 0 Å². The summed E-state index contributed by atoms with van der Waals surface area (Å²) in [6.07, 6.45) is -13.1. The summed E-state index contributed by atoms with van der Waals surface area (Å²) in [6, 6.07) is 6.75. The molecule has 0 saturated carbocycles. The van der Waals surface area contributed by atoms with E-state index in [-0.39, 0.29) is 23.0 Å². The van der Waals surface area contributed by atoms with Gasteiger partial charge >= 0.3 is 0 Å². The van der Waals surface area contributed by atoms with Gasteiger partial charge in [-0.25, -0.2) is 0 Å². The first kappa shape index (κ1) is 36.7. The molecule has 4 rings (SSSR count). The van der Waals surface area contributed by atoms with Crippen LogP contribution in [0.5, 0.6) is 34.5 Å². The van der Waals surface area contributed by atoms with Crippen LogP contribution in [0.1, 0.15) is 17.5 Å². The fourth-order valence-electron chi connectivity index (χ4n) is 5.55. The van der Waals surface area contributed by atoms with E-state index in [1.54, 1.807) is 24.3 Å². The van der Waals surface area contributed by atoms with E-state index in [0.717, 1.165) is 5.56 Å². The molecule has 0 radical (unpaired) electrons. The summed E-state index contributed by atoms with van der Waals surface area (Å²) in [7, 11) is 5.71. The maximum absolute atomic E-state index is 10.5. The number of benzene rings is 2. The smallest absolute Gasteiger partial charge is 0.229 e. The van der Waals surface area contributed by atoms with Crippen LogP contribution in [0.25, 0.3) is 0 Å². The molecule has 264 valence electrons. The Morgan fingerprint density at radius 3 is 1.57 bits per heavy atom. The van der Waals surface area contributed by atoms with Gasteiger partial charge in [0.2, 0.25) is 24.1 Å². The summed E-state index contributed by atoms with van der Waals surface area (Å²) >= 11 is 0. The molecule has 2 aliphatic heterocycles. The summed E-state index contributed by atoms with van der Waals surface area (Å²) in [5.74, 6) is 1.34. The Balaban J connectivity index is 1.50. The number of ether oxygens (including phenoxy) is 8. The lowest BCUT2D eigenvalue weighted by molar-refractivity contribution is -0.277. The minimum absolute atomic E-state index is 0.0980. The summed E-state index contributed by atoms with van der Waals surface area (Å²) in [6.45, 7) is -1.21. The molecule has 2 saturated heterocycles. The molecule has 2 aromatic rings. The van der Waals surface area contributed by atoms with Gasteiger partial charge in [0.25, 0.3) is 0 Å². The molecular weight excluding hydrogens is 628 g/mol. The average Bonchev–Trinajstić information content (AvgIpc) is 3.08. The van der Waals surface area contributed by atoms with Crippen molar-refractivity contribution in [1.29, 1.82) is 0 Å². The van der Waals surface area contributed by atoms with E-state index in [0.29, 0.717) is 36.3 Å². The summed E-state index contributed by atoms with van der Waals surface area (Å²) in [5.41, 5.74) is 1.51. The molecule has 0 spiro atoms. The first-order valence-electron chi connectivity index (χ1n) is 15.0. The van der Waals surface area contributed by atoms with E-state index in [9.17, 15) is 40.9 Å². The quantitative estimate of drug-likeness (QED) is 0.111. The van der Waals surface area contributed by atoms with Gasteiger partial charge in [0, 0.05) is 5.56 Å². The van der Waals surface area contributed by atoms with Crippen LogP contribution in [0, 0.1) is 0 Å². The van der Waals surface area contributed by atoms with Gasteiger partial charge in [-0.05, 0) is 43.0 Å². The van der Waals surface area contributed by atoms with Crippen LogP contribution in [-0.2, 0) is 22.3 Å². The van der Waals surface area contributed by atoms with E-state index in [1.807, 2.05) is 0 Å². The largest absolute Gasteiger partial charge is 0.493 e. The SMILES string of the molecule is COc1cc(CCCc2cc(O[C@H]3O[C@H](CO)[C@@H](O)[C@H](O)[C@H]3O)c(OC)c(OC)c2OC)ccc1O[C@@H]1O[C@@H](CO)[C@H](O)[C@@H](O)[C@@H]1O. The summed E-state index contributed by atoms with van der Waals surface area (Å²) in [4.78, 5) is 0. The maximum atomic E-state index is 10.5. The van der Waals surface area contributed by atoms with Crippen molar-refractivity contribution in [1.82, 2.24) is 0 Å². The second kappa shape index (κ2) is 16.3. The molecule has 16 heteroatoms. The van der Waals surface area contributed by atoms with Crippen molar-refractivity contribution < 1.29 is 78.7 Å². The lowest BCUT2D eigenvalue weighted by Gasteiger charge is -2.39. The van der Waals surface area contributed by atoms with Gasteiger partial charge in [0.05, 0.1) is 41.7 Å². The van der Waals surface area contributed by atoms with Crippen molar-refractivity contribution in [2.24, 2.45) is 0 Å². The first-order chi connectivity index (χ1) is 22.5. The maximum Gasteiger partial charge on any atom is 0.229 e. The zero-order valence-electron chi connectivity index (χ0n) is 26.5. The predicted octanol–water partition coefficient (Wildman–Crippen LogP) is -1.75. The molecule has 2 aromatic carbocycles. The molecule has 10 atom stereocenters. The number of aliphatic hydroxyl groups excluding tert-OH is 8. The third-order valence-corrected chi connectivity index (χ3v) is 8.17. The van der Waals surface area contributed by atoms with Gasteiger partial charge in [0.15, 0.2) is 23.0 Å². The summed E-state index contributed by atoms with van der Waals surface area (Å²) in [5, 5.41) is 80.3. The van der Waals surface area contributed by atoms with E-state index in [1.165, 1.54) is 28.4 Å². The highest BCUT2D eigenvalue weighted by Gasteiger charge is 2.46. The van der Waals surface area contributed by atoms with Crippen LogP contribution in [0.2, 0.25) is 0 Å². The Labute approximate surface area is 271 Å². The van der Waals surface area contributed by atoms with E-state index in [4.69, 9.17) is 37.9 Å². The van der Waals surface area contributed by atoms with Crippen LogP contribution in [0.3, 0.4) is 0 Å². The zero-order valence-corrected chi connectivity index (χ0v) is 26.5. The Bertz CT molecular complexity index is 1300. The molecule has 2 aliphatic rings. The lowest BCUT2D eigenvalue weighted by atomic mass is 9.99. The number of aryl methyl sites for hydroxylation is 2. The molecule has 0 aliphatic carbocycles. The topological polar surface area (TPSA) is 236 Å². The van der Waals surface area contributed by atoms with Crippen LogP contribution < -0.4 is 28.4 Å². The normalized spacial score (nSPS) is 30.8. The van der Waals surface area contributed by atoms with Crippen LogP contribution in [-0.4, -0.2) is 144 Å². The Morgan fingerprint density at radius 2 is 1.09 bits per heavy atom. The molecule has 0 bridgehead atoms. The van der Waals surface area contributed by atoms with E-state index >= 15 is 0 Å². The fourth-order valence-corrected chi connectivity index (χ4v) is 5.55. The molecule has 0 aromatic heterocycles. The van der Waals surface area contributed by atoms with Crippen molar-refractivity contribution in [2.75, 3.05) is 41.7 Å². The standard InChI is InChI=1S/C31H44O16/c1-40-17-10-14(8-9-16(17)44-30-25(38)23(36)21(34)19(12-32)46-30)6-5-7-15-11-18(28(42-3)29(43-4)27(15)41-2)45-31-26(39)24(37)22(35)20(13-33)47-31/h8-11,19-26,30-39H,5-7,12-13H2,1-4H3/t19-,20+,21-,22+,23+,24-,25-,26+,30+,31-/m0/s1. The van der Waals surface area contributed by atoms with E-state index < -0.39 is 74.6 Å². The first-order valence-corrected chi connectivity index (χ1v) is 15.0. The van der Waals surface area contributed by atoms with Crippen LogP contribution in [0.15, 0.2) is 24.3 Å². The Hall–Kier alpha value is -3.16. The van der Waals surface area contributed by atoms with E-state index in [2.05, 4.69) is 0 Å². The van der Waals surface area contributed by atoms with Crippen molar-refractivity contribution >= 4 is 0 Å². The van der Waals surface area contributed by atoms with Crippen molar-refractivity contribution in [3.8, 4) is 34.5 Å². The minimum Gasteiger partial charge on any atom is -0.493 e. The number of aliphatic hydroxyl groups is 8. The van der Waals surface area contributed by atoms with Gasteiger partial charge in [-0.15, -0.1) is 0 Å². The minimum atomic E-state index is -1.64. The van der Waals surface area contributed by atoms with Gasteiger partial charge in [-0.2, -0.15) is 0 Å². The molecule has 0 amide bonds. The third-order valence-electron chi connectivity index (χ3n) is 8.17. The molecule has 16 nitrogen and oxygen atoms in total. The highest BCUT2D eigenvalue weighted by atomic mass is 16.7. The monoisotopic (exact) mass is 672 g/mol. The van der Waals surface area contributed by atoms with Gasteiger partial charge < -0.3 is 78.7 Å². The highest BCUT2D eigenvalue weighted by molar-refractivity contribution is 5.63. The molecule has 0 unspecified atom stereocenters.